The van der Waals surface area contributed by atoms with Crippen LogP contribution in [0.4, 0.5) is 28.0 Å². The molecule has 3 rings (SSSR count). The summed E-state index contributed by atoms with van der Waals surface area (Å²) in [5.41, 5.74) is -0.609. The summed E-state index contributed by atoms with van der Waals surface area (Å²) in [5.74, 6) is -0.728. The third-order valence-corrected chi connectivity index (χ3v) is 6.65. The Hall–Kier alpha value is -3.60. The van der Waals surface area contributed by atoms with Gasteiger partial charge in [0.05, 0.1) is 11.3 Å². The number of hydrogen-bond acceptors (Lipinski definition) is 4. The molecule has 0 bridgehead atoms. The Bertz CT molecular complexity index is 1330. The van der Waals surface area contributed by atoms with Gasteiger partial charge < -0.3 is 14.4 Å². The fraction of sp³-hybridized carbons (Fsp3) is 0.240. The molecule has 0 saturated carbocycles. The maximum atomic E-state index is 14.0. The number of amides is 2. The Morgan fingerprint density at radius 3 is 2.39 bits per heavy atom. The van der Waals surface area contributed by atoms with Crippen LogP contribution in [-0.4, -0.2) is 25.4 Å². The third kappa shape index (κ3) is 6.75. The van der Waals surface area contributed by atoms with E-state index in [1.165, 1.54) is 41.3 Å². The molecule has 6 nitrogen and oxygen atoms in total. The first-order valence-corrected chi connectivity index (χ1v) is 12.3. The van der Waals surface area contributed by atoms with Crippen LogP contribution in [0.1, 0.15) is 31.4 Å². The first kappa shape index (κ1) is 27.0. The number of rotatable bonds is 8. The lowest BCUT2D eigenvalue weighted by Gasteiger charge is -2.29. The molecule has 0 spiro atoms. The summed E-state index contributed by atoms with van der Waals surface area (Å²) in [7, 11) is -4.56. The summed E-state index contributed by atoms with van der Waals surface area (Å²) in [6.07, 6.45) is -4.13. The van der Waals surface area contributed by atoms with Crippen molar-refractivity contribution >= 4 is 21.8 Å². The quantitative estimate of drug-likeness (QED) is 0.272. The molecule has 192 valence electrons. The lowest BCUT2D eigenvalue weighted by atomic mass is 10.1. The van der Waals surface area contributed by atoms with Crippen LogP contribution in [0.2, 0.25) is 0 Å². The molecule has 0 aromatic heterocycles. The zero-order chi connectivity index (χ0) is 26.5. The Balaban J connectivity index is 1.81. The van der Waals surface area contributed by atoms with Crippen LogP contribution >= 0.6 is 0 Å². The van der Waals surface area contributed by atoms with Crippen molar-refractivity contribution in [1.29, 1.82) is 0 Å². The lowest BCUT2D eigenvalue weighted by Crippen LogP contribution is -2.40. The number of carbonyl (C=O) groups is 1. The Morgan fingerprint density at radius 1 is 1.03 bits per heavy atom. The Kier molecular flexibility index (Phi) is 8.24. The predicted molar refractivity (Wildman–Crippen MR) is 126 cm³/mol. The largest absolute Gasteiger partial charge is 0.416 e. The van der Waals surface area contributed by atoms with E-state index in [0.717, 1.165) is 18.2 Å². The summed E-state index contributed by atoms with van der Waals surface area (Å²) in [6.45, 7) is 3.71. The molecule has 0 heterocycles. The number of anilines is 1. The van der Waals surface area contributed by atoms with Gasteiger partial charge in [0, 0.05) is 12.6 Å². The number of urea groups is 1. The number of benzene rings is 3. The maximum Gasteiger partial charge on any atom is 0.416 e. The van der Waals surface area contributed by atoms with E-state index in [2.05, 4.69) is 5.32 Å². The number of nitrogens with zero attached hydrogens (tertiary/aromatic N) is 1. The van der Waals surface area contributed by atoms with Crippen molar-refractivity contribution in [2.75, 3.05) is 5.32 Å². The molecule has 0 fully saturated rings. The summed E-state index contributed by atoms with van der Waals surface area (Å²) in [6, 6.07) is 14.0. The summed E-state index contributed by atoms with van der Waals surface area (Å²) >= 11 is 0. The Labute approximate surface area is 206 Å². The molecule has 3 aromatic rings. The highest BCUT2D eigenvalue weighted by molar-refractivity contribution is 7.87. The van der Waals surface area contributed by atoms with Gasteiger partial charge in [-0.15, -0.1) is 0 Å². The highest BCUT2D eigenvalue weighted by atomic mass is 32.2. The molecule has 1 unspecified atom stereocenters. The van der Waals surface area contributed by atoms with Crippen molar-refractivity contribution in [1.82, 2.24) is 4.90 Å². The van der Waals surface area contributed by atoms with Crippen LogP contribution in [-0.2, 0) is 22.8 Å². The van der Waals surface area contributed by atoms with E-state index in [-0.39, 0.29) is 24.0 Å². The van der Waals surface area contributed by atoms with Crippen LogP contribution in [0.3, 0.4) is 0 Å². The van der Waals surface area contributed by atoms with Crippen LogP contribution < -0.4 is 9.50 Å². The van der Waals surface area contributed by atoms with Crippen molar-refractivity contribution in [3.05, 3.63) is 89.7 Å². The SMILES string of the molecule is CCC(C)N(Cc1cccc(OS(=O)(=O)c2cccc(C(F)(F)F)c2)c1)C(=O)Nc1ccccc1F. The van der Waals surface area contributed by atoms with E-state index in [4.69, 9.17) is 4.18 Å². The number of halogens is 4. The second kappa shape index (κ2) is 11.0. The molecule has 2 amide bonds. The standard InChI is InChI=1S/C25H24F4N2O4S/c1-3-17(2)31(24(32)30-23-13-5-4-12-22(23)26)16-18-8-6-10-20(14-18)35-36(33,34)21-11-7-9-19(15-21)25(27,28)29/h4-15,17H,3,16H2,1-2H3,(H,30,32). The zero-order valence-electron chi connectivity index (χ0n) is 19.4. The van der Waals surface area contributed by atoms with E-state index < -0.39 is 38.6 Å². The smallest absolute Gasteiger partial charge is 0.379 e. The van der Waals surface area contributed by atoms with Gasteiger partial charge in [0.25, 0.3) is 0 Å². The average molecular weight is 525 g/mol. The molecular weight excluding hydrogens is 500 g/mol. The van der Waals surface area contributed by atoms with Gasteiger partial charge in [-0.1, -0.05) is 37.3 Å². The molecule has 1 N–H and O–H groups in total. The highest BCUT2D eigenvalue weighted by Crippen LogP contribution is 2.31. The van der Waals surface area contributed by atoms with E-state index in [9.17, 15) is 30.8 Å². The van der Waals surface area contributed by atoms with Crippen molar-refractivity contribution in [3.8, 4) is 5.75 Å². The summed E-state index contributed by atoms with van der Waals surface area (Å²) < 4.78 is 83.2. The fourth-order valence-electron chi connectivity index (χ4n) is 3.29. The number of carbonyl (C=O) groups excluding carboxylic acids is 1. The lowest BCUT2D eigenvalue weighted by molar-refractivity contribution is -0.137. The van der Waals surface area contributed by atoms with Crippen molar-refractivity contribution in [2.24, 2.45) is 0 Å². The molecule has 11 heteroatoms. The highest BCUT2D eigenvalue weighted by Gasteiger charge is 2.32. The minimum absolute atomic E-state index is 0.0140. The van der Waals surface area contributed by atoms with Gasteiger partial charge in [0.15, 0.2) is 0 Å². The molecule has 3 aromatic carbocycles. The topological polar surface area (TPSA) is 75.7 Å². The van der Waals surface area contributed by atoms with Crippen LogP contribution in [0.5, 0.6) is 5.75 Å². The second-order valence-electron chi connectivity index (χ2n) is 8.01. The fourth-order valence-corrected chi connectivity index (χ4v) is 4.26. The number of alkyl halides is 3. The van der Waals surface area contributed by atoms with Crippen molar-refractivity contribution in [2.45, 2.75) is 43.9 Å². The van der Waals surface area contributed by atoms with Crippen LogP contribution in [0.15, 0.2) is 77.7 Å². The first-order chi connectivity index (χ1) is 16.9. The maximum absolute atomic E-state index is 14.0. The van der Waals surface area contributed by atoms with E-state index >= 15 is 0 Å². The third-order valence-electron chi connectivity index (χ3n) is 5.41. The van der Waals surface area contributed by atoms with Crippen molar-refractivity contribution in [3.63, 3.8) is 0 Å². The molecular formula is C25H24F4N2O4S. The summed E-state index contributed by atoms with van der Waals surface area (Å²) in [5, 5.41) is 2.53. The molecule has 0 aliphatic heterocycles. The van der Waals surface area contributed by atoms with Gasteiger partial charge in [0.2, 0.25) is 0 Å². The molecule has 1 atom stereocenters. The minimum Gasteiger partial charge on any atom is -0.379 e. The Morgan fingerprint density at radius 2 is 1.72 bits per heavy atom. The molecule has 0 radical (unpaired) electrons. The van der Waals surface area contributed by atoms with Gasteiger partial charge in [-0.2, -0.15) is 21.6 Å². The number of hydrogen-bond donors (Lipinski definition) is 1. The first-order valence-electron chi connectivity index (χ1n) is 10.9. The van der Waals surface area contributed by atoms with Crippen molar-refractivity contribution < 1.29 is 35.0 Å². The van der Waals surface area contributed by atoms with Gasteiger partial charge in [-0.3, -0.25) is 0 Å². The molecule has 0 saturated heterocycles. The normalized spacial score (nSPS) is 12.6. The molecule has 0 aliphatic rings. The van der Waals surface area contributed by atoms with Crippen LogP contribution in [0.25, 0.3) is 0 Å². The molecule has 0 aliphatic carbocycles. The van der Waals surface area contributed by atoms with E-state index in [1.807, 2.05) is 6.92 Å². The van der Waals surface area contributed by atoms with Gasteiger partial charge in [0.1, 0.15) is 16.5 Å². The minimum atomic E-state index is -4.71. The summed E-state index contributed by atoms with van der Waals surface area (Å²) in [4.78, 5) is 13.7. The van der Waals surface area contributed by atoms with Crippen LogP contribution in [0, 0.1) is 5.82 Å². The predicted octanol–water partition coefficient (Wildman–Crippen LogP) is 6.44. The van der Waals surface area contributed by atoms with Gasteiger partial charge in [-0.25, -0.2) is 9.18 Å². The number of nitrogens with one attached hydrogen (secondary N) is 1. The zero-order valence-corrected chi connectivity index (χ0v) is 20.2. The number of para-hydroxylation sites is 1. The van der Waals surface area contributed by atoms with E-state index in [0.29, 0.717) is 18.1 Å². The van der Waals surface area contributed by atoms with Gasteiger partial charge >= 0.3 is 22.3 Å². The monoisotopic (exact) mass is 524 g/mol. The van der Waals surface area contributed by atoms with E-state index in [1.54, 1.807) is 19.1 Å². The second-order valence-corrected chi connectivity index (χ2v) is 9.55. The van der Waals surface area contributed by atoms with Gasteiger partial charge in [-0.05, 0) is 61.4 Å². The average Bonchev–Trinajstić information content (AvgIpc) is 2.83. The molecule has 36 heavy (non-hydrogen) atoms.